The molecule has 1 heterocycles. The summed E-state index contributed by atoms with van der Waals surface area (Å²) in [5.41, 5.74) is 1.22. The number of amides is 1. The summed E-state index contributed by atoms with van der Waals surface area (Å²) in [5.74, 6) is -0.713. The first-order valence-corrected chi connectivity index (χ1v) is 7.63. The summed E-state index contributed by atoms with van der Waals surface area (Å²) in [4.78, 5) is 24.4. The summed E-state index contributed by atoms with van der Waals surface area (Å²) in [6.45, 7) is 1.76. The number of ether oxygens (including phenoxy) is 1. The van der Waals surface area contributed by atoms with Crippen molar-refractivity contribution in [2.45, 2.75) is 12.3 Å². The fourth-order valence-corrected chi connectivity index (χ4v) is 3.31. The first-order valence-electron chi connectivity index (χ1n) is 6.87. The molecule has 0 aromatic heterocycles. The second-order valence-electron chi connectivity index (χ2n) is 5.46. The molecule has 1 aliphatic rings. The number of carbonyl (C=O) groups is 2. The van der Waals surface area contributed by atoms with Gasteiger partial charge in [-0.25, -0.2) is 4.79 Å². The van der Waals surface area contributed by atoms with Gasteiger partial charge in [-0.1, -0.05) is 23.2 Å². The highest BCUT2D eigenvalue weighted by molar-refractivity contribution is 6.33. The molecular formula is C17H13Cl2NO3. The quantitative estimate of drug-likeness (QED) is 0.832. The van der Waals surface area contributed by atoms with Gasteiger partial charge in [0.2, 0.25) is 5.91 Å². The van der Waals surface area contributed by atoms with E-state index in [0.29, 0.717) is 26.9 Å². The van der Waals surface area contributed by atoms with Crippen LogP contribution in [0.25, 0.3) is 0 Å². The van der Waals surface area contributed by atoms with E-state index in [2.05, 4.69) is 5.32 Å². The minimum atomic E-state index is -1.04. The van der Waals surface area contributed by atoms with Crippen LogP contribution in [0.3, 0.4) is 0 Å². The molecule has 3 rings (SSSR count). The van der Waals surface area contributed by atoms with Gasteiger partial charge in [0.1, 0.15) is 0 Å². The molecule has 1 N–H and O–H groups in total. The number of hydrogen-bond acceptors (Lipinski definition) is 3. The number of hydrogen-bond donors (Lipinski definition) is 1. The fraction of sp³-hybridized carbons (Fsp3) is 0.176. The lowest BCUT2D eigenvalue weighted by Crippen LogP contribution is -2.32. The zero-order valence-corrected chi connectivity index (χ0v) is 14.0. The Morgan fingerprint density at radius 3 is 2.57 bits per heavy atom. The molecule has 1 amide bonds. The second-order valence-corrected chi connectivity index (χ2v) is 6.30. The summed E-state index contributed by atoms with van der Waals surface area (Å²) in [5, 5.41) is 3.74. The van der Waals surface area contributed by atoms with Gasteiger partial charge < -0.3 is 10.1 Å². The number of esters is 1. The minimum Gasteiger partial charge on any atom is -0.465 e. The van der Waals surface area contributed by atoms with Crippen molar-refractivity contribution in [3.05, 3.63) is 63.1 Å². The van der Waals surface area contributed by atoms with Gasteiger partial charge in [-0.2, -0.15) is 0 Å². The van der Waals surface area contributed by atoms with Crippen LogP contribution >= 0.6 is 23.2 Å². The van der Waals surface area contributed by atoms with Crippen LogP contribution in [0.2, 0.25) is 10.0 Å². The van der Waals surface area contributed by atoms with Gasteiger partial charge >= 0.3 is 5.97 Å². The average molecular weight is 350 g/mol. The summed E-state index contributed by atoms with van der Waals surface area (Å²) in [6.07, 6.45) is 0. The minimum absolute atomic E-state index is 0.223. The van der Waals surface area contributed by atoms with E-state index in [-0.39, 0.29) is 5.91 Å². The molecule has 1 aliphatic heterocycles. The number of nitrogens with one attached hydrogen (secondary N) is 1. The number of rotatable bonds is 2. The maximum atomic E-state index is 12.6. The Balaban J connectivity index is 2.24. The largest absolute Gasteiger partial charge is 0.465 e. The van der Waals surface area contributed by atoms with Gasteiger partial charge in [-0.15, -0.1) is 0 Å². The Hall–Kier alpha value is -2.04. The van der Waals surface area contributed by atoms with Gasteiger partial charge in [-0.05, 0) is 54.4 Å². The third-order valence-corrected chi connectivity index (χ3v) is 4.71. The molecule has 2 aromatic rings. The molecule has 6 heteroatoms. The van der Waals surface area contributed by atoms with E-state index in [1.165, 1.54) is 7.11 Å². The van der Waals surface area contributed by atoms with Crippen LogP contribution in [0.15, 0.2) is 36.4 Å². The Morgan fingerprint density at radius 2 is 1.87 bits per heavy atom. The number of methoxy groups -OCH3 is 1. The average Bonchev–Trinajstić information content (AvgIpc) is 2.79. The topological polar surface area (TPSA) is 55.4 Å². The fourth-order valence-electron chi connectivity index (χ4n) is 2.83. The van der Waals surface area contributed by atoms with Gasteiger partial charge in [0, 0.05) is 15.7 Å². The van der Waals surface area contributed by atoms with E-state index in [1.807, 2.05) is 0 Å². The standard InChI is InChI=1S/C17H13Cl2NO3/c1-17(11-7-9(15(21)23-2)3-5-13(11)19)12-8-10(18)4-6-14(12)20-16(17)22/h3-8H,1-2H3,(H,20,22). The zero-order chi connectivity index (χ0) is 16.8. The van der Waals surface area contributed by atoms with Crippen LogP contribution in [-0.2, 0) is 14.9 Å². The zero-order valence-electron chi connectivity index (χ0n) is 12.4. The second kappa shape index (κ2) is 5.55. The summed E-state index contributed by atoms with van der Waals surface area (Å²) in [6, 6.07) is 9.93. The molecule has 1 unspecified atom stereocenters. The maximum Gasteiger partial charge on any atom is 0.337 e. The Bertz CT molecular complexity index is 835. The molecule has 0 fully saturated rings. The number of halogens is 2. The number of carbonyl (C=O) groups excluding carboxylic acids is 2. The molecule has 118 valence electrons. The highest BCUT2D eigenvalue weighted by atomic mass is 35.5. The molecule has 0 radical (unpaired) electrons. The molecular weight excluding hydrogens is 337 g/mol. The molecule has 0 saturated heterocycles. The number of anilines is 1. The SMILES string of the molecule is COC(=O)c1ccc(Cl)c(C2(C)C(=O)Nc3ccc(Cl)cc32)c1. The Kier molecular flexibility index (Phi) is 3.82. The lowest BCUT2D eigenvalue weighted by Gasteiger charge is -2.24. The van der Waals surface area contributed by atoms with Crippen molar-refractivity contribution >= 4 is 40.8 Å². The van der Waals surface area contributed by atoms with Crippen molar-refractivity contribution in [3.63, 3.8) is 0 Å². The highest BCUT2D eigenvalue weighted by Crippen LogP contribution is 2.45. The Labute approximate surface area is 143 Å². The first kappa shape index (κ1) is 15.8. The van der Waals surface area contributed by atoms with Crippen molar-refractivity contribution in [3.8, 4) is 0 Å². The molecule has 0 saturated carbocycles. The third-order valence-electron chi connectivity index (χ3n) is 4.15. The monoisotopic (exact) mass is 349 g/mol. The molecule has 4 nitrogen and oxygen atoms in total. The van der Waals surface area contributed by atoms with E-state index in [0.717, 1.165) is 5.56 Å². The van der Waals surface area contributed by atoms with E-state index in [4.69, 9.17) is 27.9 Å². The molecule has 23 heavy (non-hydrogen) atoms. The molecule has 0 aliphatic carbocycles. The van der Waals surface area contributed by atoms with Crippen LogP contribution in [0.4, 0.5) is 5.69 Å². The maximum absolute atomic E-state index is 12.6. The van der Waals surface area contributed by atoms with E-state index in [9.17, 15) is 9.59 Å². The lowest BCUT2D eigenvalue weighted by atomic mass is 9.77. The predicted octanol–water partition coefficient (Wildman–Crippen LogP) is 4.04. The smallest absolute Gasteiger partial charge is 0.337 e. The summed E-state index contributed by atoms with van der Waals surface area (Å²) >= 11 is 12.4. The van der Waals surface area contributed by atoms with Gasteiger partial charge in [0.05, 0.1) is 18.1 Å². The van der Waals surface area contributed by atoms with Crippen LogP contribution < -0.4 is 5.32 Å². The molecule has 0 spiro atoms. The van der Waals surface area contributed by atoms with E-state index >= 15 is 0 Å². The lowest BCUT2D eigenvalue weighted by molar-refractivity contribution is -0.119. The van der Waals surface area contributed by atoms with Crippen molar-refractivity contribution in [2.24, 2.45) is 0 Å². The third kappa shape index (κ3) is 2.38. The number of benzene rings is 2. The summed E-state index contributed by atoms with van der Waals surface area (Å²) in [7, 11) is 1.30. The summed E-state index contributed by atoms with van der Waals surface area (Å²) < 4.78 is 4.74. The first-order chi connectivity index (χ1) is 10.9. The van der Waals surface area contributed by atoms with E-state index < -0.39 is 11.4 Å². The van der Waals surface area contributed by atoms with Crippen LogP contribution in [-0.4, -0.2) is 19.0 Å². The van der Waals surface area contributed by atoms with Gasteiger partial charge in [0.15, 0.2) is 0 Å². The highest BCUT2D eigenvalue weighted by Gasteiger charge is 2.45. The van der Waals surface area contributed by atoms with Gasteiger partial charge in [-0.3, -0.25) is 4.79 Å². The van der Waals surface area contributed by atoms with Crippen molar-refractivity contribution in [2.75, 3.05) is 12.4 Å². The van der Waals surface area contributed by atoms with Crippen molar-refractivity contribution in [1.29, 1.82) is 0 Å². The van der Waals surface area contributed by atoms with E-state index in [1.54, 1.807) is 43.3 Å². The van der Waals surface area contributed by atoms with Crippen LogP contribution in [0.5, 0.6) is 0 Å². The van der Waals surface area contributed by atoms with Gasteiger partial charge in [0.25, 0.3) is 0 Å². The van der Waals surface area contributed by atoms with Crippen molar-refractivity contribution in [1.82, 2.24) is 0 Å². The van der Waals surface area contributed by atoms with Crippen molar-refractivity contribution < 1.29 is 14.3 Å². The Morgan fingerprint density at radius 1 is 1.13 bits per heavy atom. The van der Waals surface area contributed by atoms with Crippen LogP contribution in [0.1, 0.15) is 28.4 Å². The molecule has 2 aromatic carbocycles. The molecule has 1 atom stereocenters. The number of fused-ring (bicyclic) bond motifs is 1. The van der Waals surface area contributed by atoms with Crippen LogP contribution in [0, 0.1) is 0 Å². The normalized spacial score (nSPS) is 19.2. The molecule has 0 bridgehead atoms. The predicted molar refractivity (Wildman–Crippen MR) is 89.3 cm³/mol.